The maximum atomic E-state index is 13.6. The van der Waals surface area contributed by atoms with Crippen molar-refractivity contribution in [2.45, 2.75) is 38.4 Å². The van der Waals surface area contributed by atoms with Crippen molar-refractivity contribution < 1.29 is 22.8 Å². The van der Waals surface area contributed by atoms with Crippen LogP contribution in [0.15, 0.2) is 18.3 Å². The van der Waals surface area contributed by atoms with Gasteiger partial charge in [-0.2, -0.15) is 10.4 Å². The van der Waals surface area contributed by atoms with E-state index < -0.39 is 29.4 Å². The number of nitrogens with zero attached hydrogens (tertiary/aromatic N) is 5. The van der Waals surface area contributed by atoms with E-state index in [0.717, 1.165) is 25.0 Å². The van der Waals surface area contributed by atoms with Crippen LogP contribution in [0.1, 0.15) is 25.0 Å². The number of halogens is 3. The van der Waals surface area contributed by atoms with Crippen LogP contribution in [0.2, 0.25) is 0 Å². The van der Waals surface area contributed by atoms with E-state index in [-0.39, 0.29) is 43.1 Å². The number of fused-ring (bicyclic) bond motifs is 1. The number of hydrogen-bond donors (Lipinski definition) is 1. The van der Waals surface area contributed by atoms with Gasteiger partial charge >= 0.3 is 6.03 Å². The molecule has 0 bridgehead atoms. The van der Waals surface area contributed by atoms with E-state index in [2.05, 4.69) is 16.5 Å². The molecule has 5 rings (SSSR count). The molecule has 2 aromatic rings. The molecule has 1 saturated carbocycles. The first kappa shape index (κ1) is 20.4. The smallest absolute Gasteiger partial charge is 0.313 e. The van der Waals surface area contributed by atoms with Crippen LogP contribution in [0.25, 0.3) is 0 Å². The first-order chi connectivity index (χ1) is 15.4. The Balaban J connectivity index is 1.42. The van der Waals surface area contributed by atoms with Gasteiger partial charge in [-0.05, 0) is 18.8 Å². The summed E-state index contributed by atoms with van der Waals surface area (Å²) in [6.45, 7) is 0.819. The molecule has 2 aliphatic heterocycles. The Hall–Kier alpha value is -3.55. The van der Waals surface area contributed by atoms with Crippen molar-refractivity contribution in [1.82, 2.24) is 14.7 Å². The number of carbonyl (C=O) groups excluding carboxylic acids is 2. The zero-order chi connectivity index (χ0) is 22.6. The van der Waals surface area contributed by atoms with Gasteiger partial charge in [-0.3, -0.25) is 9.48 Å². The van der Waals surface area contributed by atoms with E-state index >= 15 is 0 Å². The van der Waals surface area contributed by atoms with Gasteiger partial charge in [0.05, 0.1) is 48.7 Å². The standard InChI is InChI=1S/C21H19F3N6O2/c22-14-4-13(5-15(23)20(14)24)27-21(32)29-9-18-16(28-8-11(6-25)3-19(28)31)7-26-30(18)10-17(29)12-1-2-12/h4-5,7,11-12,17H,1-3,8-10H2,(H,27,32)/t11-,17-/m1/s1. The molecular formula is C21H19F3N6O2. The second kappa shape index (κ2) is 7.55. The molecule has 1 aliphatic carbocycles. The van der Waals surface area contributed by atoms with E-state index in [1.807, 2.05) is 0 Å². The van der Waals surface area contributed by atoms with Gasteiger partial charge in [-0.15, -0.1) is 0 Å². The van der Waals surface area contributed by atoms with Gasteiger partial charge in [0.2, 0.25) is 5.91 Å². The van der Waals surface area contributed by atoms with E-state index in [4.69, 9.17) is 5.26 Å². The van der Waals surface area contributed by atoms with E-state index in [1.165, 1.54) is 4.90 Å². The lowest BCUT2D eigenvalue weighted by Crippen LogP contribution is -2.49. The first-order valence-corrected chi connectivity index (χ1v) is 10.3. The quantitative estimate of drug-likeness (QED) is 0.737. The average molecular weight is 444 g/mol. The lowest BCUT2D eigenvalue weighted by Gasteiger charge is -2.37. The Morgan fingerprint density at radius 3 is 2.53 bits per heavy atom. The molecule has 1 saturated heterocycles. The van der Waals surface area contributed by atoms with Gasteiger partial charge in [0.15, 0.2) is 17.5 Å². The van der Waals surface area contributed by atoms with Crippen LogP contribution in [0, 0.1) is 40.6 Å². The number of rotatable bonds is 3. The molecule has 0 spiro atoms. The SMILES string of the molecule is N#C[C@H]1CC(=O)N(c2cnn3c2CN(C(=O)Nc2cc(F)c(F)c(F)c2)[C@@H](C2CC2)C3)C1. The summed E-state index contributed by atoms with van der Waals surface area (Å²) < 4.78 is 42.2. The van der Waals surface area contributed by atoms with Crippen LogP contribution >= 0.6 is 0 Å². The first-order valence-electron chi connectivity index (χ1n) is 10.3. The van der Waals surface area contributed by atoms with Crippen LogP contribution in [0.3, 0.4) is 0 Å². The predicted octanol–water partition coefficient (Wildman–Crippen LogP) is 3.00. The van der Waals surface area contributed by atoms with Crippen molar-refractivity contribution in [3.8, 4) is 6.07 Å². The molecule has 1 N–H and O–H groups in total. The molecule has 0 radical (unpaired) electrons. The van der Waals surface area contributed by atoms with Crippen LogP contribution in [-0.2, 0) is 17.9 Å². The van der Waals surface area contributed by atoms with E-state index in [9.17, 15) is 22.8 Å². The molecule has 1 aromatic heterocycles. The van der Waals surface area contributed by atoms with Gasteiger partial charge in [0.25, 0.3) is 0 Å². The topological polar surface area (TPSA) is 94.3 Å². The zero-order valence-electron chi connectivity index (χ0n) is 16.9. The van der Waals surface area contributed by atoms with Crippen LogP contribution in [0.5, 0.6) is 0 Å². The third-order valence-corrected chi connectivity index (χ3v) is 6.27. The largest absolute Gasteiger partial charge is 0.322 e. The Morgan fingerprint density at radius 1 is 1.19 bits per heavy atom. The third kappa shape index (κ3) is 3.45. The van der Waals surface area contributed by atoms with Gasteiger partial charge in [0, 0.05) is 30.8 Å². The second-order valence-corrected chi connectivity index (χ2v) is 8.41. The Kier molecular flexibility index (Phi) is 4.80. The van der Waals surface area contributed by atoms with Crippen molar-refractivity contribution in [2.75, 3.05) is 16.8 Å². The molecule has 32 heavy (non-hydrogen) atoms. The number of nitrogens with one attached hydrogen (secondary N) is 1. The monoisotopic (exact) mass is 444 g/mol. The molecule has 11 heteroatoms. The highest BCUT2D eigenvalue weighted by Crippen LogP contribution is 2.40. The minimum atomic E-state index is -1.60. The molecule has 3 heterocycles. The lowest BCUT2D eigenvalue weighted by molar-refractivity contribution is -0.117. The number of benzene rings is 1. The van der Waals surface area contributed by atoms with Crippen molar-refractivity contribution in [1.29, 1.82) is 5.26 Å². The third-order valence-electron chi connectivity index (χ3n) is 6.27. The number of hydrogen-bond acceptors (Lipinski definition) is 4. The van der Waals surface area contributed by atoms with E-state index in [1.54, 1.807) is 15.8 Å². The maximum Gasteiger partial charge on any atom is 0.322 e. The van der Waals surface area contributed by atoms with Gasteiger partial charge in [0.1, 0.15) is 0 Å². The van der Waals surface area contributed by atoms with Gasteiger partial charge in [-0.25, -0.2) is 18.0 Å². The number of aromatic nitrogens is 2. The fourth-order valence-corrected chi connectivity index (χ4v) is 4.46. The maximum absolute atomic E-state index is 13.6. The van der Waals surface area contributed by atoms with Crippen LogP contribution < -0.4 is 10.2 Å². The Labute approximate surface area is 181 Å². The highest BCUT2D eigenvalue weighted by atomic mass is 19.2. The molecule has 8 nitrogen and oxygen atoms in total. The summed E-state index contributed by atoms with van der Waals surface area (Å²) in [6, 6.07) is 2.82. The molecule has 3 amide bonds. The van der Waals surface area contributed by atoms with Crippen molar-refractivity contribution in [2.24, 2.45) is 11.8 Å². The zero-order valence-corrected chi connectivity index (χ0v) is 16.9. The summed E-state index contributed by atoms with van der Waals surface area (Å²) in [7, 11) is 0. The highest BCUT2D eigenvalue weighted by molar-refractivity contribution is 5.96. The summed E-state index contributed by atoms with van der Waals surface area (Å²) >= 11 is 0. The van der Waals surface area contributed by atoms with Crippen molar-refractivity contribution in [3.05, 3.63) is 41.5 Å². The number of carbonyl (C=O) groups is 2. The molecule has 0 unspecified atom stereocenters. The minimum absolute atomic E-state index is 0.134. The lowest BCUT2D eigenvalue weighted by atomic mass is 10.1. The van der Waals surface area contributed by atoms with Crippen molar-refractivity contribution in [3.63, 3.8) is 0 Å². The average Bonchev–Trinajstić information content (AvgIpc) is 3.43. The molecular weight excluding hydrogens is 425 g/mol. The number of anilines is 2. The highest BCUT2D eigenvalue weighted by Gasteiger charge is 2.43. The normalized spacial score (nSPS) is 22.6. The number of nitriles is 1. The summed E-state index contributed by atoms with van der Waals surface area (Å²) in [5, 5.41) is 16.0. The van der Waals surface area contributed by atoms with Crippen molar-refractivity contribution >= 4 is 23.3 Å². The van der Waals surface area contributed by atoms with Gasteiger partial charge < -0.3 is 15.1 Å². The fraction of sp³-hybridized carbons (Fsp3) is 0.429. The van der Waals surface area contributed by atoms with Crippen LogP contribution in [0.4, 0.5) is 29.3 Å². The summed E-state index contributed by atoms with van der Waals surface area (Å²) in [4.78, 5) is 28.6. The molecule has 1 aromatic carbocycles. The molecule has 166 valence electrons. The number of urea groups is 1. The van der Waals surface area contributed by atoms with E-state index in [0.29, 0.717) is 17.9 Å². The Bertz CT molecular complexity index is 1130. The number of amides is 3. The molecule has 3 aliphatic rings. The predicted molar refractivity (Wildman–Crippen MR) is 106 cm³/mol. The molecule has 2 atom stereocenters. The Morgan fingerprint density at radius 2 is 1.91 bits per heavy atom. The molecule has 2 fully saturated rings. The second-order valence-electron chi connectivity index (χ2n) is 8.41. The van der Waals surface area contributed by atoms with Crippen LogP contribution in [-0.4, -0.2) is 39.2 Å². The minimum Gasteiger partial charge on any atom is -0.313 e. The summed E-state index contributed by atoms with van der Waals surface area (Å²) in [5.74, 6) is -4.68. The van der Waals surface area contributed by atoms with Gasteiger partial charge in [-0.1, -0.05) is 0 Å². The summed E-state index contributed by atoms with van der Waals surface area (Å²) in [5.41, 5.74) is 1.02. The summed E-state index contributed by atoms with van der Waals surface area (Å²) in [6.07, 6.45) is 3.61. The fourth-order valence-electron chi connectivity index (χ4n) is 4.46.